The second kappa shape index (κ2) is 8.25. The molecule has 0 rings (SSSR count). The molecular formula is C12H28N2. The molecule has 1 N–H and O–H groups in total. The largest absolute Gasteiger partial charge is 0.320 e. The number of hydrogen-bond donors (Lipinski definition) is 1. The Morgan fingerprint density at radius 1 is 1.14 bits per heavy atom. The summed E-state index contributed by atoms with van der Waals surface area (Å²) in [5.74, 6) is 0.820. The zero-order valence-electron chi connectivity index (χ0n) is 10.6. The van der Waals surface area contributed by atoms with Gasteiger partial charge in [0.1, 0.15) is 0 Å². The van der Waals surface area contributed by atoms with Crippen LogP contribution in [0.15, 0.2) is 0 Å². The van der Waals surface area contributed by atoms with Gasteiger partial charge in [0, 0.05) is 6.04 Å². The van der Waals surface area contributed by atoms with Crippen molar-refractivity contribution in [2.75, 3.05) is 26.7 Å². The van der Waals surface area contributed by atoms with Crippen LogP contribution < -0.4 is 5.32 Å². The van der Waals surface area contributed by atoms with Crippen molar-refractivity contribution in [2.45, 2.75) is 46.6 Å². The number of nitrogens with zero attached hydrogens (tertiary/aromatic N) is 1. The summed E-state index contributed by atoms with van der Waals surface area (Å²) in [5, 5.41) is 3.22. The zero-order valence-corrected chi connectivity index (χ0v) is 10.6. The predicted octanol–water partition coefficient (Wildman–Crippen LogP) is 2.35. The van der Waals surface area contributed by atoms with Gasteiger partial charge in [-0.2, -0.15) is 0 Å². The molecule has 0 aliphatic rings. The standard InChI is InChI=1S/C12H28N2/c1-6-14(10-8-11(2)3)12(4)7-9-13-5/h11-13H,6-10H2,1-5H3. The van der Waals surface area contributed by atoms with Crippen LogP contribution in [-0.2, 0) is 0 Å². The first-order valence-electron chi connectivity index (χ1n) is 6.00. The summed E-state index contributed by atoms with van der Waals surface area (Å²) >= 11 is 0. The second-order valence-electron chi connectivity index (χ2n) is 4.55. The minimum atomic E-state index is 0.714. The Morgan fingerprint density at radius 3 is 2.21 bits per heavy atom. The molecule has 0 bridgehead atoms. The van der Waals surface area contributed by atoms with Crippen molar-refractivity contribution in [1.82, 2.24) is 10.2 Å². The molecule has 86 valence electrons. The molecule has 0 heterocycles. The van der Waals surface area contributed by atoms with Gasteiger partial charge >= 0.3 is 0 Å². The fourth-order valence-electron chi connectivity index (χ4n) is 1.65. The van der Waals surface area contributed by atoms with Crippen LogP contribution in [0.2, 0.25) is 0 Å². The van der Waals surface area contributed by atoms with Crippen molar-refractivity contribution in [2.24, 2.45) is 5.92 Å². The lowest BCUT2D eigenvalue weighted by Gasteiger charge is -2.28. The van der Waals surface area contributed by atoms with Crippen molar-refractivity contribution in [3.05, 3.63) is 0 Å². The van der Waals surface area contributed by atoms with Crippen LogP contribution in [0, 0.1) is 5.92 Å². The Kier molecular flexibility index (Phi) is 8.20. The van der Waals surface area contributed by atoms with Crippen molar-refractivity contribution < 1.29 is 0 Å². The van der Waals surface area contributed by atoms with Crippen LogP contribution in [0.1, 0.15) is 40.5 Å². The molecule has 0 aromatic heterocycles. The second-order valence-corrected chi connectivity index (χ2v) is 4.55. The first kappa shape index (κ1) is 13.9. The van der Waals surface area contributed by atoms with Crippen molar-refractivity contribution in [3.8, 4) is 0 Å². The highest BCUT2D eigenvalue weighted by atomic mass is 15.1. The van der Waals surface area contributed by atoms with Gasteiger partial charge in [-0.3, -0.25) is 0 Å². The van der Waals surface area contributed by atoms with E-state index in [4.69, 9.17) is 0 Å². The SMILES string of the molecule is CCN(CCC(C)C)C(C)CCNC. The lowest BCUT2D eigenvalue weighted by atomic mass is 10.1. The third kappa shape index (κ3) is 6.39. The molecular weight excluding hydrogens is 172 g/mol. The molecule has 0 amide bonds. The van der Waals surface area contributed by atoms with E-state index in [1.54, 1.807) is 0 Å². The molecule has 0 spiro atoms. The highest BCUT2D eigenvalue weighted by molar-refractivity contribution is 4.67. The Morgan fingerprint density at radius 2 is 1.79 bits per heavy atom. The maximum absolute atomic E-state index is 3.22. The Bertz CT molecular complexity index is 123. The smallest absolute Gasteiger partial charge is 0.00788 e. The lowest BCUT2D eigenvalue weighted by Crippen LogP contribution is -2.36. The Balaban J connectivity index is 3.74. The molecule has 2 nitrogen and oxygen atoms in total. The molecule has 0 aromatic carbocycles. The number of hydrogen-bond acceptors (Lipinski definition) is 2. The van der Waals surface area contributed by atoms with E-state index in [1.165, 1.54) is 25.9 Å². The van der Waals surface area contributed by atoms with Gasteiger partial charge in [0.25, 0.3) is 0 Å². The van der Waals surface area contributed by atoms with Gasteiger partial charge in [-0.25, -0.2) is 0 Å². The molecule has 0 aliphatic heterocycles. The highest BCUT2D eigenvalue weighted by Crippen LogP contribution is 2.07. The van der Waals surface area contributed by atoms with E-state index >= 15 is 0 Å². The van der Waals surface area contributed by atoms with Crippen molar-refractivity contribution in [3.63, 3.8) is 0 Å². The van der Waals surface area contributed by atoms with E-state index < -0.39 is 0 Å². The Labute approximate surface area is 90.1 Å². The number of nitrogens with one attached hydrogen (secondary N) is 1. The molecule has 1 atom stereocenters. The first-order chi connectivity index (χ1) is 6.61. The van der Waals surface area contributed by atoms with Gasteiger partial charge in [0.05, 0.1) is 0 Å². The molecule has 1 unspecified atom stereocenters. The third-order valence-corrected chi connectivity index (χ3v) is 2.84. The average Bonchev–Trinajstić information content (AvgIpc) is 2.15. The summed E-state index contributed by atoms with van der Waals surface area (Å²) < 4.78 is 0. The van der Waals surface area contributed by atoms with Crippen LogP contribution in [0.4, 0.5) is 0 Å². The summed E-state index contributed by atoms with van der Waals surface area (Å²) in [6, 6.07) is 0.714. The van der Waals surface area contributed by atoms with Gasteiger partial charge in [-0.1, -0.05) is 20.8 Å². The van der Waals surface area contributed by atoms with E-state index in [9.17, 15) is 0 Å². The predicted molar refractivity (Wildman–Crippen MR) is 64.7 cm³/mol. The molecule has 0 saturated carbocycles. The normalized spacial score (nSPS) is 13.9. The van der Waals surface area contributed by atoms with Crippen LogP contribution >= 0.6 is 0 Å². The third-order valence-electron chi connectivity index (χ3n) is 2.84. The van der Waals surface area contributed by atoms with E-state index in [1.807, 2.05) is 7.05 Å². The van der Waals surface area contributed by atoms with E-state index in [-0.39, 0.29) is 0 Å². The van der Waals surface area contributed by atoms with Crippen molar-refractivity contribution >= 4 is 0 Å². The Hall–Kier alpha value is -0.0800. The summed E-state index contributed by atoms with van der Waals surface area (Å²) in [7, 11) is 2.02. The average molecular weight is 200 g/mol. The molecule has 0 saturated heterocycles. The first-order valence-corrected chi connectivity index (χ1v) is 6.00. The number of rotatable bonds is 8. The van der Waals surface area contributed by atoms with Crippen LogP contribution in [0.25, 0.3) is 0 Å². The fourth-order valence-corrected chi connectivity index (χ4v) is 1.65. The maximum Gasteiger partial charge on any atom is 0.00788 e. The van der Waals surface area contributed by atoms with Gasteiger partial charge in [0.15, 0.2) is 0 Å². The fraction of sp³-hybridized carbons (Fsp3) is 1.00. The van der Waals surface area contributed by atoms with Crippen molar-refractivity contribution in [1.29, 1.82) is 0 Å². The molecule has 14 heavy (non-hydrogen) atoms. The quantitative estimate of drug-likeness (QED) is 0.647. The highest BCUT2D eigenvalue weighted by Gasteiger charge is 2.11. The van der Waals surface area contributed by atoms with Crippen LogP contribution in [0.5, 0.6) is 0 Å². The molecule has 0 fully saturated rings. The van der Waals surface area contributed by atoms with Gasteiger partial charge in [0.2, 0.25) is 0 Å². The van der Waals surface area contributed by atoms with E-state index in [0.29, 0.717) is 6.04 Å². The van der Waals surface area contributed by atoms with Crippen LogP contribution in [0.3, 0.4) is 0 Å². The molecule has 0 aliphatic carbocycles. The van der Waals surface area contributed by atoms with Gasteiger partial charge in [-0.05, 0) is 52.4 Å². The monoisotopic (exact) mass is 200 g/mol. The van der Waals surface area contributed by atoms with E-state index in [2.05, 4.69) is 37.9 Å². The molecule has 2 heteroatoms. The zero-order chi connectivity index (χ0) is 11.0. The summed E-state index contributed by atoms with van der Waals surface area (Å²) in [4.78, 5) is 2.58. The minimum absolute atomic E-state index is 0.714. The summed E-state index contributed by atoms with van der Waals surface area (Å²) in [6.45, 7) is 12.7. The summed E-state index contributed by atoms with van der Waals surface area (Å²) in [6.07, 6.45) is 2.57. The van der Waals surface area contributed by atoms with Gasteiger partial charge in [-0.15, -0.1) is 0 Å². The minimum Gasteiger partial charge on any atom is -0.320 e. The van der Waals surface area contributed by atoms with Gasteiger partial charge < -0.3 is 10.2 Å². The molecule has 0 radical (unpaired) electrons. The molecule has 0 aromatic rings. The maximum atomic E-state index is 3.22. The van der Waals surface area contributed by atoms with Crippen LogP contribution in [-0.4, -0.2) is 37.6 Å². The summed E-state index contributed by atoms with van der Waals surface area (Å²) in [5.41, 5.74) is 0. The topological polar surface area (TPSA) is 15.3 Å². The van der Waals surface area contributed by atoms with E-state index in [0.717, 1.165) is 12.5 Å². The lowest BCUT2D eigenvalue weighted by molar-refractivity contribution is 0.199.